The van der Waals surface area contributed by atoms with Crippen LogP contribution in [0.4, 0.5) is 0 Å². The summed E-state index contributed by atoms with van der Waals surface area (Å²) in [6.45, 7) is 4.08. The molecule has 0 amide bonds. The van der Waals surface area contributed by atoms with Crippen LogP contribution in [0.2, 0.25) is 0 Å². The molecular weight excluding hydrogens is 236 g/mol. The van der Waals surface area contributed by atoms with Gasteiger partial charge in [0.05, 0.1) is 5.52 Å². The predicted molar refractivity (Wildman–Crippen MR) is 77.9 cm³/mol. The summed E-state index contributed by atoms with van der Waals surface area (Å²) in [6, 6.07) is 9.76. The molecule has 0 saturated carbocycles. The van der Waals surface area contributed by atoms with Crippen molar-refractivity contribution in [1.29, 1.82) is 0 Å². The van der Waals surface area contributed by atoms with E-state index in [2.05, 4.69) is 4.98 Å². The fourth-order valence-electron chi connectivity index (χ4n) is 2.09. The Hall–Kier alpha value is -1.74. The number of hydrogen-bond donors (Lipinski definition) is 1. The Morgan fingerprint density at radius 2 is 2.00 bits per heavy atom. The van der Waals surface area contributed by atoms with Gasteiger partial charge in [-0.1, -0.05) is 32.0 Å². The van der Waals surface area contributed by atoms with E-state index in [1.165, 1.54) is 0 Å². The molecule has 2 aromatic rings. The third-order valence-corrected chi connectivity index (χ3v) is 3.45. The zero-order chi connectivity index (χ0) is 13.8. The minimum atomic E-state index is -0.0550. The highest BCUT2D eigenvalue weighted by molar-refractivity contribution is 5.89. The molecule has 3 heteroatoms. The summed E-state index contributed by atoms with van der Waals surface area (Å²) < 4.78 is 0. The second kappa shape index (κ2) is 5.93. The van der Waals surface area contributed by atoms with Gasteiger partial charge in [-0.05, 0) is 23.6 Å². The monoisotopic (exact) mass is 256 g/mol. The van der Waals surface area contributed by atoms with Crippen molar-refractivity contribution in [2.75, 3.05) is 0 Å². The second-order valence-corrected chi connectivity index (χ2v) is 5.31. The summed E-state index contributed by atoms with van der Waals surface area (Å²) >= 11 is 0. The van der Waals surface area contributed by atoms with Gasteiger partial charge in [0.15, 0.2) is 0 Å². The SMILES string of the molecule is CC(C)C(N)CC(=O)Cc1ccnc2ccccc12. The first-order chi connectivity index (χ1) is 9.08. The van der Waals surface area contributed by atoms with Crippen LogP contribution in [-0.2, 0) is 11.2 Å². The van der Waals surface area contributed by atoms with E-state index in [1.54, 1.807) is 6.20 Å². The number of fused-ring (bicyclic) bond motifs is 1. The number of Topliss-reactive ketones (excluding diaryl/α,β-unsaturated/α-hetero) is 1. The Morgan fingerprint density at radius 3 is 2.74 bits per heavy atom. The van der Waals surface area contributed by atoms with Gasteiger partial charge < -0.3 is 5.73 Å². The molecule has 0 saturated heterocycles. The van der Waals surface area contributed by atoms with Crippen molar-refractivity contribution < 1.29 is 4.79 Å². The Labute approximate surface area is 113 Å². The molecule has 100 valence electrons. The Morgan fingerprint density at radius 1 is 1.26 bits per heavy atom. The molecule has 0 aliphatic carbocycles. The molecule has 0 bridgehead atoms. The van der Waals surface area contributed by atoms with E-state index in [1.807, 2.05) is 44.2 Å². The van der Waals surface area contributed by atoms with Crippen molar-refractivity contribution in [2.45, 2.75) is 32.7 Å². The molecule has 1 heterocycles. The van der Waals surface area contributed by atoms with Gasteiger partial charge in [0.2, 0.25) is 0 Å². The van der Waals surface area contributed by atoms with E-state index in [0.717, 1.165) is 16.5 Å². The molecule has 0 radical (unpaired) electrons. The summed E-state index contributed by atoms with van der Waals surface area (Å²) in [5.74, 6) is 0.524. The molecule has 3 nitrogen and oxygen atoms in total. The number of rotatable bonds is 5. The van der Waals surface area contributed by atoms with Crippen molar-refractivity contribution in [3.05, 3.63) is 42.1 Å². The number of ketones is 1. The van der Waals surface area contributed by atoms with Crippen molar-refractivity contribution in [3.63, 3.8) is 0 Å². The summed E-state index contributed by atoms with van der Waals surface area (Å²) in [4.78, 5) is 16.4. The molecule has 19 heavy (non-hydrogen) atoms. The second-order valence-electron chi connectivity index (χ2n) is 5.31. The minimum absolute atomic E-state index is 0.0550. The topological polar surface area (TPSA) is 56.0 Å². The van der Waals surface area contributed by atoms with Gasteiger partial charge in [0.25, 0.3) is 0 Å². The van der Waals surface area contributed by atoms with Gasteiger partial charge in [-0.15, -0.1) is 0 Å². The minimum Gasteiger partial charge on any atom is -0.327 e. The maximum atomic E-state index is 12.1. The van der Waals surface area contributed by atoms with Crippen LogP contribution in [0.25, 0.3) is 10.9 Å². The number of hydrogen-bond acceptors (Lipinski definition) is 3. The fourth-order valence-corrected chi connectivity index (χ4v) is 2.09. The van der Waals surface area contributed by atoms with E-state index in [-0.39, 0.29) is 11.8 Å². The Balaban J connectivity index is 2.15. The Kier molecular flexibility index (Phi) is 4.27. The lowest BCUT2D eigenvalue weighted by atomic mass is 9.96. The zero-order valence-electron chi connectivity index (χ0n) is 11.5. The molecule has 1 atom stereocenters. The first-order valence-corrected chi connectivity index (χ1v) is 6.68. The molecule has 0 fully saturated rings. The van der Waals surface area contributed by atoms with Crippen molar-refractivity contribution >= 4 is 16.7 Å². The first-order valence-electron chi connectivity index (χ1n) is 6.68. The molecule has 1 aromatic carbocycles. The molecule has 2 N–H and O–H groups in total. The summed E-state index contributed by atoms with van der Waals surface area (Å²) in [5, 5.41) is 1.05. The maximum Gasteiger partial charge on any atom is 0.138 e. The van der Waals surface area contributed by atoms with Crippen LogP contribution in [-0.4, -0.2) is 16.8 Å². The van der Waals surface area contributed by atoms with Crippen LogP contribution < -0.4 is 5.73 Å². The largest absolute Gasteiger partial charge is 0.327 e. The average Bonchev–Trinajstić information content (AvgIpc) is 2.39. The van der Waals surface area contributed by atoms with Gasteiger partial charge in [-0.2, -0.15) is 0 Å². The molecule has 2 rings (SSSR count). The van der Waals surface area contributed by atoms with E-state index in [9.17, 15) is 4.79 Å². The number of para-hydroxylation sites is 1. The number of carbonyl (C=O) groups is 1. The molecule has 0 aliphatic heterocycles. The molecule has 1 aromatic heterocycles. The average molecular weight is 256 g/mol. The lowest BCUT2D eigenvalue weighted by Gasteiger charge is -2.14. The number of nitrogens with zero attached hydrogens (tertiary/aromatic N) is 1. The van der Waals surface area contributed by atoms with Crippen molar-refractivity contribution in [1.82, 2.24) is 4.98 Å². The van der Waals surface area contributed by atoms with Gasteiger partial charge in [-0.25, -0.2) is 0 Å². The van der Waals surface area contributed by atoms with Crippen molar-refractivity contribution in [2.24, 2.45) is 11.7 Å². The molecule has 0 spiro atoms. The quantitative estimate of drug-likeness (QED) is 0.895. The lowest BCUT2D eigenvalue weighted by molar-refractivity contribution is -0.118. The van der Waals surface area contributed by atoms with Gasteiger partial charge in [0, 0.05) is 30.5 Å². The van der Waals surface area contributed by atoms with E-state index >= 15 is 0 Å². The number of benzene rings is 1. The van der Waals surface area contributed by atoms with E-state index < -0.39 is 0 Å². The summed E-state index contributed by atoms with van der Waals surface area (Å²) in [5.41, 5.74) is 7.92. The van der Waals surface area contributed by atoms with Crippen LogP contribution in [0.5, 0.6) is 0 Å². The smallest absolute Gasteiger partial charge is 0.138 e. The number of carbonyl (C=O) groups excluding carboxylic acids is 1. The Bertz CT molecular complexity index is 572. The van der Waals surface area contributed by atoms with Gasteiger partial charge >= 0.3 is 0 Å². The molecule has 1 unspecified atom stereocenters. The standard InChI is InChI=1S/C16H20N2O/c1-11(2)15(17)10-13(19)9-12-7-8-18-16-6-4-3-5-14(12)16/h3-8,11,15H,9-10,17H2,1-2H3. The van der Waals surface area contributed by atoms with Crippen LogP contribution >= 0.6 is 0 Å². The zero-order valence-corrected chi connectivity index (χ0v) is 11.5. The van der Waals surface area contributed by atoms with Crippen LogP contribution in [0, 0.1) is 5.92 Å². The molecular formula is C16H20N2O. The third-order valence-electron chi connectivity index (χ3n) is 3.45. The highest BCUT2D eigenvalue weighted by atomic mass is 16.1. The van der Waals surface area contributed by atoms with Crippen LogP contribution in [0.3, 0.4) is 0 Å². The molecule has 0 aliphatic rings. The number of aromatic nitrogens is 1. The number of pyridine rings is 1. The van der Waals surface area contributed by atoms with E-state index in [4.69, 9.17) is 5.73 Å². The highest BCUT2D eigenvalue weighted by Gasteiger charge is 2.14. The normalized spacial score (nSPS) is 12.8. The first kappa shape index (κ1) is 13.7. The maximum absolute atomic E-state index is 12.1. The fraction of sp³-hybridized carbons (Fsp3) is 0.375. The third kappa shape index (κ3) is 3.38. The van der Waals surface area contributed by atoms with Crippen LogP contribution in [0.15, 0.2) is 36.5 Å². The van der Waals surface area contributed by atoms with Gasteiger partial charge in [0.1, 0.15) is 5.78 Å². The van der Waals surface area contributed by atoms with Crippen molar-refractivity contribution in [3.8, 4) is 0 Å². The lowest BCUT2D eigenvalue weighted by Crippen LogP contribution is -2.29. The summed E-state index contributed by atoms with van der Waals surface area (Å²) in [7, 11) is 0. The van der Waals surface area contributed by atoms with E-state index in [0.29, 0.717) is 18.8 Å². The number of nitrogens with two attached hydrogens (primary N) is 1. The van der Waals surface area contributed by atoms with Crippen LogP contribution in [0.1, 0.15) is 25.8 Å². The predicted octanol–water partition coefficient (Wildman–Crippen LogP) is 2.72. The highest BCUT2D eigenvalue weighted by Crippen LogP contribution is 2.17. The van der Waals surface area contributed by atoms with Gasteiger partial charge in [-0.3, -0.25) is 9.78 Å². The summed E-state index contributed by atoms with van der Waals surface area (Å²) in [6.07, 6.45) is 2.63.